The molecule has 0 saturated heterocycles. The Kier molecular flexibility index (Phi) is 3.43. The fourth-order valence-electron chi connectivity index (χ4n) is 1.38. The molecule has 0 aliphatic rings. The highest BCUT2D eigenvalue weighted by molar-refractivity contribution is 6.34. The molecule has 0 atom stereocenters. The van der Waals surface area contributed by atoms with E-state index in [4.69, 9.17) is 17.3 Å². The third kappa shape index (κ3) is 2.57. The maximum Gasteiger partial charge on any atom is 0.258 e. The quantitative estimate of drug-likeness (QED) is 0.870. The zero-order valence-corrected chi connectivity index (χ0v) is 10.4. The van der Waals surface area contributed by atoms with Crippen molar-refractivity contribution in [2.75, 3.05) is 11.1 Å². The van der Waals surface area contributed by atoms with E-state index in [-0.39, 0.29) is 5.91 Å². The Morgan fingerprint density at radius 3 is 2.89 bits per heavy atom. The number of carbonyl (C=O) groups is 1. The molecule has 0 aromatic carbocycles. The number of hydrogen-bond acceptors (Lipinski definition) is 4. The highest BCUT2D eigenvalue weighted by Crippen LogP contribution is 2.17. The number of amides is 1. The fourth-order valence-corrected chi connectivity index (χ4v) is 1.58. The summed E-state index contributed by atoms with van der Waals surface area (Å²) in [7, 11) is 0. The van der Waals surface area contributed by atoms with Crippen molar-refractivity contribution in [3.63, 3.8) is 0 Å². The van der Waals surface area contributed by atoms with Crippen LogP contribution in [0, 0.1) is 6.92 Å². The Morgan fingerprint density at radius 1 is 1.44 bits per heavy atom. The molecule has 0 unspecified atom stereocenters. The standard InChI is InChI=1S/C12H11ClN4O/c1-7-4-11(16-6-10(7)14)17-12(18)8-2-3-15-5-9(8)13/h2-6H,14H2,1H3,(H,16,17,18). The van der Waals surface area contributed by atoms with Crippen molar-refractivity contribution in [2.24, 2.45) is 0 Å². The number of nitrogens with one attached hydrogen (secondary N) is 1. The minimum Gasteiger partial charge on any atom is -0.397 e. The van der Waals surface area contributed by atoms with Crippen LogP contribution < -0.4 is 11.1 Å². The third-order valence-electron chi connectivity index (χ3n) is 2.41. The monoisotopic (exact) mass is 262 g/mol. The van der Waals surface area contributed by atoms with Crippen molar-refractivity contribution in [2.45, 2.75) is 6.92 Å². The van der Waals surface area contributed by atoms with Gasteiger partial charge in [-0.25, -0.2) is 4.98 Å². The van der Waals surface area contributed by atoms with Crippen molar-refractivity contribution in [3.8, 4) is 0 Å². The van der Waals surface area contributed by atoms with Gasteiger partial charge in [-0.1, -0.05) is 11.6 Å². The second-order valence-corrected chi connectivity index (χ2v) is 4.14. The van der Waals surface area contributed by atoms with Gasteiger partial charge in [0.25, 0.3) is 5.91 Å². The molecule has 5 nitrogen and oxygen atoms in total. The van der Waals surface area contributed by atoms with Gasteiger partial charge >= 0.3 is 0 Å². The SMILES string of the molecule is Cc1cc(NC(=O)c2ccncc2Cl)ncc1N. The van der Waals surface area contributed by atoms with E-state index in [1.807, 2.05) is 6.92 Å². The normalized spacial score (nSPS) is 10.1. The van der Waals surface area contributed by atoms with Crippen molar-refractivity contribution < 1.29 is 4.79 Å². The first kappa shape index (κ1) is 12.3. The van der Waals surface area contributed by atoms with Crippen molar-refractivity contribution >= 4 is 29.0 Å². The van der Waals surface area contributed by atoms with Gasteiger partial charge in [0.1, 0.15) is 5.82 Å². The number of aromatic nitrogens is 2. The van der Waals surface area contributed by atoms with Crippen LogP contribution >= 0.6 is 11.6 Å². The van der Waals surface area contributed by atoms with Crippen LogP contribution in [0.4, 0.5) is 11.5 Å². The molecule has 0 aliphatic carbocycles. The van der Waals surface area contributed by atoms with Gasteiger partial charge in [0.2, 0.25) is 0 Å². The van der Waals surface area contributed by atoms with E-state index >= 15 is 0 Å². The van der Waals surface area contributed by atoms with E-state index in [1.54, 1.807) is 12.1 Å². The molecule has 18 heavy (non-hydrogen) atoms. The molecule has 0 bridgehead atoms. The maximum absolute atomic E-state index is 11.9. The first-order chi connectivity index (χ1) is 8.58. The van der Waals surface area contributed by atoms with E-state index in [0.29, 0.717) is 22.1 Å². The summed E-state index contributed by atoms with van der Waals surface area (Å²) in [6.45, 7) is 1.84. The van der Waals surface area contributed by atoms with Gasteiger partial charge in [-0.05, 0) is 24.6 Å². The molecule has 2 aromatic heterocycles. The highest BCUT2D eigenvalue weighted by Gasteiger charge is 2.11. The average molecular weight is 263 g/mol. The molecule has 0 spiro atoms. The van der Waals surface area contributed by atoms with Crippen LogP contribution in [0.15, 0.2) is 30.7 Å². The highest BCUT2D eigenvalue weighted by atomic mass is 35.5. The van der Waals surface area contributed by atoms with Gasteiger partial charge in [0, 0.05) is 12.4 Å². The molecule has 0 fully saturated rings. The minimum absolute atomic E-state index is 0.294. The molecule has 2 heterocycles. The van der Waals surface area contributed by atoms with Gasteiger partial charge in [0.05, 0.1) is 22.5 Å². The first-order valence-corrected chi connectivity index (χ1v) is 5.58. The Bertz CT molecular complexity index is 600. The summed E-state index contributed by atoms with van der Waals surface area (Å²) in [5.74, 6) is 0.0960. The summed E-state index contributed by atoms with van der Waals surface area (Å²) in [6, 6.07) is 3.24. The molecule has 6 heteroatoms. The number of nitrogens with zero attached hydrogens (tertiary/aromatic N) is 2. The predicted octanol–water partition coefficient (Wildman–Crippen LogP) is 2.27. The molecule has 92 valence electrons. The van der Waals surface area contributed by atoms with Crippen LogP contribution in [-0.4, -0.2) is 15.9 Å². The summed E-state index contributed by atoms with van der Waals surface area (Å²) in [6.07, 6.45) is 4.42. The Hall–Kier alpha value is -2.14. The van der Waals surface area contributed by atoms with Crippen molar-refractivity contribution in [1.29, 1.82) is 0 Å². The molecule has 2 rings (SSSR count). The Morgan fingerprint density at radius 2 is 2.22 bits per heavy atom. The average Bonchev–Trinajstić information content (AvgIpc) is 2.34. The largest absolute Gasteiger partial charge is 0.397 e. The number of rotatable bonds is 2. The summed E-state index contributed by atoms with van der Waals surface area (Å²) in [4.78, 5) is 19.8. The third-order valence-corrected chi connectivity index (χ3v) is 2.71. The van der Waals surface area contributed by atoms with Crippen LogP contribution in [0.5, 0.6) is 0 Å². The van der Waals surface area contributed by atoms with E-state index in [0.717, 1.165) is 5.56 Å². The zero-order chi connectivity index (χ0) is 13.1. The van der Waals surface area contributed by atoms with Crippen LogP contribution in [-0.2, 0) is 0 Å². The van der Waals surface area contributed by atoms with E-state index < -0.39 is 0 Å². The Labute approximate surface area is 109 Å². The predicted molar refractivity (Wildman–Crippen MR) is 70.6 cm³/mol. The van der Waals surface area contributed by atoms with Crippen LogP contribution in [0.25, 0.3) is 0 Å². The lowest BCUT2D eigenvalue weighted by Crippen LogP contribution is -2.14. The zero-order valence-electron chi connectivity index (χ0n) is 9.64. The number of aryl methyl sites for hydroxylation is 1. The second kappa shape index (κ2) is 5.01. The second-order valence-electron chi connectivity index (χ2n) is 3.74. The van der Waals surface area contributed by atoms with Gasteiger partial charge in [-0.3, -0.25) is 9.78 Å². The van der Waals surface area contributed by atoms with Gasteiger partial charge in [0.15, 0.2) is 0 Å². The molecule has 2 aromatic rings. The lowest BCUT2D eigenvalue weighted by Gasteiger charge is -2.07. The van der Waals surface area contributed by atoms with E-state index in [2.05, 4.69) is 15.3 Å². The molecular weight excluding hydrogens is 252 g/mol. The van der Waals surface area contributed by atoms with Gasteiger partial charge in [-0.2, -0.15) is 0 Å². The number of pyridine rings is 2. The number of anilines is 2. The Balaban J connectivity index is 2.22. The fraction of sp³-hybridized carbons (Fsp3) is 0.0833. The van der Waals surface area contributed by atoms with Gasteiger partial charge in [-0.15, -0.1) is 0 Å². The molecule has 0 aliphatic heterocycles. The molecule has 1 amide bonds. The number of halogens is 1. The van der Waals surface area contributed by atoms with Crippen molar-refractivity contribution in [3.05, 3.63) is 46.9 Å². The topological polar surface area (TPSA) is 80.9 Å². The lowest BCUT2D eigenvalue weighted by atomic mass is 10.2. The van der Waals surface area contributed by atoms with Crippen LogP contribution in [0.1, 0.15) is 15.9 Å². The van der Waals surface area contributed by atoms with Crippen LogP contribution in [0.2, 0.25) is 5.02 Å². The molecule has 3 N–H and O–H groups in total. The summed E-state index contributed by atoms with van der Waals surface area (Å²) in [5.41, 5.74) is 7.43. The van der Waals surface area contributed by atoms with Crippen LogP contribution in [0.3, 0.4) is 0 Å². The lowest BCUT2D eigenvalue weighted by molar-refractivity contribution is 0.102. The summed E-state index contributed by atoms with van der Waals surface area (Å²) in [5, 5.41) is 2.94. The minimum atomic E-state index is -0.334. The maximum atomic E-state index is 11.9. The molecular formula is C12H11ClN4O. The number of carbonyl (C=O) groups excluding carboxylic acids is 1. The number of nitrogen functional groups attached to an aromatic ring is 1. The number of hydrogen-bond donors (Lipinski definition) is 2. The summed E-state index contributed by atoms with van der Waals surface area (Å²) < 4.78 is 0. The first-order valence-electron chi connectivity index (χ1n) is 5.21. The van der Waals surface area contributed by atoms with E-state index in [9.17, 15) is 4.79 Å². The number of nitrogens with two attached hydrogens (primary N) is 1. The summed E-state index contributed by atoms with van der Waals surface area (Å²) >= 11 is 5.88. The molecule has 0 radical (unpaired) electrons. The smallest absolute Gasteiger partial charge is 0.258 e. The molecule has 0 saturated carbocycles. The van der Waals surface area contributed by atoms with Crippen molar-refractivity contribution in [1.82, 2.24) is 9.97 Å². The van der Waals surface area contributed by atoms with Gasteiger partial charge < -0.3 is 11.1 Å². The van der Waals surface area contributed by atoms with E-state index in [1.165, 1.54) is 18.6 Å².